The van der Waals surface area contributed by atoms with E-state index in [2.05, 4.69) is 5.32 Å². The lowest BCUT2D eigenvalue weighted by Crippen LogP contribution is -2.44. The van der Waals surface area contributed by atoms with E-state index in [1.807, 2.05) is 6.92 Å². The lowest BCUT2D eigenvalue weighted by Gasteiger charge is -2.18. The van der Waals surface area contributed by atoms with Gasteiger partial charge >= 0.3 is 5.97 Å². The summed E-state index contributed by atoms with van der Waals surface area (Å²) in [5.41, 5.74) is -0.0968. The van der Waals surface area contributed by atoms with Crippen molar-refractivity contribution in [1.82, 2.24) is 9.88 Å². The first kappa shape index (κ1) is 16.7. The summed E-state index contributed by atoms with van der Waals surface area (Å²) < 4.78 is 1.46. The van der Waals surface area contributed by atoms with Crippen molar-refractivity contribution < 1.29 is 19.6 Å². The number of nitro groups is 1. The Morgan fingerprint density at radius 2 is 2.10 bits per heavy atom. The second-order valence-electron chi connectivity index (χ2n) is 5.07. The second-order valence-corrected chi connectivity index (χ2v) is 5.07. The van der Waals surface area contributed by atoms with Gasteiger partial charge in [-0.2, -0.15) is 0 Å². The quantitative estimate of drug-likeness (QED) is 0.586. The van der Waals surface area contributed by atoms with E-state index in [9.17, 15) is 19.7 Å². The number of aromatic nitrogens is 1. The summed E-state index contributed by atoms with van der Waals surface area (Å²) in [5.74, 6) is -2.06. The van der Waals surface area contributed by atoms with Crippen LogP contribution in [0.4, 0.5) is 5.69 Å². The molecule has 8 heteroatoms. The van der Waals surface area contributed by atoms with Gasteiger partial charge < -0.3 is 15.0 Å². The predicted octanol–water partition coefficient (Wildman–Crippen LogP) is 1.65. The van der Waals surface area contributed by atoms with Crippen molar-refractivity contribution in [3.8, 4) is 0 Å². The topological polar surface area (TPSA) is 114 Å². The molecule has 0 fully saturated rings. The average Bonchev–Trinajstić information content (AvgIpc) is 2.79. The van der Waals surface area contributed by atoms with Gasteiger partial charge in [-0.1, -0.05) is 20.8 Å². The third-order valence-electron chi connectivity index (χ3n) is 3.01. The molecule has 0 unspecified atom stereocenters. The van der Waals surface area contributed by atoms with Gasteiger partial charge in [0.1, 0.15) is 11.7 Å². The molecule has 1 heterocycles. The van der Waals surface area contributed by atoms with Gasteiger partial charge in [0.15, 0.2) is 0 Å². The number of aryl methyl sites for hydroxylation is 1. The minimum absolute atomic E-state index is 0.0930. The van der Waals surface area contributed by atoms with Gasteiger partial charge in [-0.05, 0) is 12.3 Å². The molecule has 2 N–H and O–H groups in total. The van der Waals surface area contributed by atoms with Gasteiger partial charge in [-0.25, -0.2) is 4.79 Å². The number of amides is 1. The molecule has 0 saturated carbocycles. The van der Waals surface area contributed by atoms with E-state index in [0.717, 1.165) is 6.07 Å². The van der Waals surface area contributed by atoms with Gasteiger partial charge in [0.25, 0.3) is 11.6 Å². The molecule has 0 radical (unpaired) electrons. The van der Waals surface area contributed by atoms with Crippen LogP contribution in [0.5, 0.6) is 0 Å². The van der Waals surface area contributed by atoms with Crippen LogP contribution in [0.2, 0.25) is 0 Å². The van der Waals surface area contributed by atoms with Crippen molar-refractivity contribution in [2.24, 2.45) is 5.92 Å². The van der Waals surface area contributed by atoms with Crippen molar-refractivity contribution in [2.45, 2.75) is 39.8 Å². The van der Waals surface area contributed by atoms with E-state index in [0.29, 0.717) is 13.0 Å². The van der Waals surface area contributed by atoms with E-state index in [4.69, 9.17) is 5.11 Å². The number of nitrogens with zero attached hydrogens (tertiary/aromatic N) is 2. The number of hydrogen-bond acceptors (Lipinski definition) is 4. The van der Waals surface area contributed by atoms with Crippen LogP contribution in [-0.4, -0.2) is 32.5 Å². The Hall–Kier alpha value is -2.38. The fraction of sp³-hybridized carbons (Fsp3) is 0.538. The number of carbonyl (C=O) groups is 2. The van der Waals surface area contributed by atoms with E-state index < -0.39 is 22.8 Å². The highest BCUT2D eigenvalue weighted by atomic mass is 16.6. The first-order valence-corrected chi connectivity index (χ1v) is 6.66. The molecule has 0 aliphatic rings. The summed E-state index contributed by atoms with van der Waals surface area (Å²) in [5, 5.41) is 22.3. The zero-order valence-electron chi connectivity index (χ0n) is 12.2. The molecule has 0 aliphatic heterocycles. The van der Waals surface area contributed by atoms with Crippen LogP contribution < -0.4 is 5.32 Å². The Bertz CT molecular complexity index is 550. The normalized spacial score (nSPS) is 12.2. The number of nitrogens with one attached hydrogen (secondary N) is 1. The van der Waals surface area contributed by atoms with E-state index in [-0.39, 0.29) is 17.3 Å². The lowest BCUT2D eigenvalue weighted by molar-refractivity contribution is -0.384. The highest BCUT2D eigenvalue weighted by Gasteiger charge is 2.26. The number of hydrogen-bond donors (Lipinski definition) is 2. The Labute approximate surface area is 121 Å². The monoisotopic (exact) mass is 297 g/mol. The van der Waals surface area contributed by atoms with Crippen LogP contribution in [0.15, 0.2) is 12.3 Å². The van der Waals surface area contributed by atoms with Crippen molar-refractivity contribution in [2.75, 3.05) is 0 Å². The standard InChI is InChI=1S/C13H19N3O5/c1-4-5-15-7-9(16(20)21)6-10(15)12(17)14-11(8(2)3)13(18)19/h6-8,11H,4-5H2,1-3H3,(H,14,17)(H,18,19)/t11-/m1/s1. The summed E-state index contributed by atoms with van der Waals surface area (Å²) in [6, 6.07) is 0.117. The highest BCUT2D eigenvalue weighted by Crippen LogP contribution is 2.17. The Morgan fingerprint density at radius 1 is 1.48 bits per heavy atom. The van der Waals surface area contributed by atoms with Crippen LogP contribution >= 0.6 is 0 Å². The molecule has 0 aromatic carbocycles. The molecule has 1 atom stereocenters. The van der Waals surface area contributed by atoms with Crippen LogP contribution in [-0.2, 0) is 11.3 Å². The zero-order chi connectivity index (χ0) is 16.2. The van der Waals surface area contributed by atoms with Crippen LogP contribution in [0.25, 0.3) is 0 Å². The van der Waals surface area contributed by atoms with Gasteiger partial charge in [-0.15, -0.1) is 0 Å². The van der Waals surface area contributed by atoms with Crippen molar-refractivity contribution >= 4 is 17.6 Å². The first-order valence-electron chi connectivity index (χ1n) is 6.66. The third-order valence-corrected chi connectivity index (χ3v) is 3.01. The summed E-state index contributed by atoms with van der Waals surface area (Å²) in [7, 11) is 0. The average molecular weight is 297 g/mol. The maximum atomic E-state index is 12.2. The van der Waals surface area contributed by atoms with Gasteiger partial charge in [0, 0.05) is 12.6 Å². The molecule has 1 aromatic rings. The molecule has 0 spiro atoms. The second kappa shape index (κ2) is 6.87. The van der Waals surface area contributed by atoms with Gasteiger partial charge in [-0.3, -0.25) is 14.9 Å². The molecule has 1 amide bonds. The van der Waals surface area contributed by atoms with Gasteiger partial charge in [0.2, 0.25) is 0 Å². The zero-order valence-corrected chi connectivity index (χ0v) is 12.2. The van der Waals surface area contributed by atoms with E-state index in [1.165, 1.54) is 10.8 Å². The maximum Gasteiger partial charge on any atom is 0.326 e. The number of rotatable bonds is 7. The van der Waals surface area contributed by atoms with Crippen LogP contribution in [0, 0.1) is 16.0 Å². The first-order chi connectivity index (χ1) is 9.77. The molecule has 116 valence electrons. The molecular formula is C13H19N3O5. The predicted molar refractivity (Wildman–Crippen MR) is 75.1 cm³/mol. The Kier molecular flexibility index (Phi) is 5.45. The summed E-state index contributed by atoms with van der Waals surface area (Å²) in [6.07, 6.45) is 1.97. The molecule has 1 aromatic heterocycles. The highest BCUT2D eigenvalue weighted by molar-refractivity contribution is 5.96. The number of aliphatic carboxylic acids is 1. The fourth-order valence-corrected chi connectivity index (χ4v) is 1.94. The summed E-state index contributed by atoms with van der Waals surface area (Å²) in [6.45, 7) is 5.66. The third kappa shape index (κ3) is 4.04. The Balaban J connectivity index is 3.05. The van der Waals surface area contributed by atoms with E-state index in [1.54, 1.807) is 13.8 Å². The molecule has 0 saturated heterocycles. The molecular weight excluding hydrogens is 278 g/mol. The summed E-state index contributed by atoms with van der Waals surface area (Å²) in [4.78, 5) is 33.5. The molecule has 0 aliphatic carbocycles. The SMILES string of the molecule is CCCn1cc([N+](=O)[O-])cc1C(=O)N[C@@H](C(=O)O)C(C)C. The summed E-state index contributed by atoms with van der Waals surface area (Å²) >= 11 is 0. The van der Waals surface area contributed by atoms with E-state index >= 15 is 0 Å². The molecule has 0 bridgehead atoms. The molecule has 8 nitrogen and oxygen atoms in total. The van der Waals surface area contributed by atoms with Crippen molar-refractivity contribution in [3.63, 3.8) is 0 Å². The van der Waals surface area contributed by atoms with Crippen LogP contribution in [0.1, 0.15) is 37.7 Å². The number of carboxylic acids is 1. The minimum Gasteiger partial charge on any atom is -0.480 e. The minimum atomic E-state index is -1.14. The smallest absolute Gasteiger partial charge is 0.326 e. The van der Waals surface area contributed by atoms with Crippen molar-refractivity contribution in [3.05, 3.63) is 28.1 Å². The van der Waals surface area contributed by atoms with Crippen LogP contribution in [0.3, 0.4) is 0 Å². The number of carboxylic acid groups (broad SMARTS) is 1. The molecule has 1 rings (SSSR count). The molecule has 21 heavy (non-hydrogen) atoms. The largest absolute Gasteiger partial charge is 0.480 e. The Morgan fingerprint density at radius 3 is 2.52 bits per heavy atom. The maximum absolute atomic E-state index is 12.2. The lowest BCUT2D eigenvalue weighted by atomic mass is 10.0. The number of carbonyl (C=O) groups excluding carboxylic acids is 1. The van der Waals surface area contributed by atoms with Crippen molar-refractivity contribution in [1.29, 1.82) is 0 Å². The van der Waals surface area contributed by atoms with Gasteiger partial charge in [0.05, 0.1) is 11.1 Å². The fourth-order valence-electron chi connectivity index (χ4n) is 1.94.